The van der Waals surface area contributed by atoms with Crippen molar-refractivity contribution in [1.29, 1.82) is 0 Å². The van der Waals surface area contributed by atoms with Crippen molar-refractivity contribution >= 4 is 19.8 Å². The average molecular weight is 1160 g/mol. The minimum atomic E-state index is -4.64. The molecule has 0 aromatic heterocycles. The normalized spacial score (nSPS) is 13.6. The first-order chi connectivity index (χ1) is 39.5. The largest absolute Gasteiger partial charge is 0.756 e. The molecule has 0 aliphatic rings. The summed E-state index contributed by atoms with van der Waals surface area (Å²) in [6.45, 7) is 4.17. The van der Waals surface area contributed by atoms with Crippen LogP contribution < -0.4 is 4.89 Å². The second-order valence-corrected chi connectivity index (χ2v) is 25.6. The van der Waals surface area contributed by atoms with Crippen LogP contribution in [0.2, 0.25) is 0 Å². The molecule has 2 unspecified atom stereocenters. The second-order valence-electron chi connectivity index (χ2n) is 24.2. The van der Waals surface area contributed by atoms with Gasteiger partial charge in [0, 0.05) is 12.8 Å². The minimum absolute atomic E-state index is 0.0287. The lowest BCUT2D eigenvalue weighted by atomic mass is 10.0. The van der Waals surface area contributed by atoms with Crippen LogP contribution in [0.1, 0.15) is 316 Å². The van der Waals surface area contributed by atoms with E-state index in [2.05, 4.69) is 86.8 Å². The van der Waals surface area contributed by atoms with Crippen molar-refractivity contribution in [3.05, 3.63) is 72.9 Å². The first-order valence-electron chi connectivity index (χ1n) is 34.1. The molecule has 0 amide bonds. The molecule has 0 saturated carbocycles. The Morgan fingerprint density at radius 3 is 1.05 bits per heavy atom. The summed E-state index contributed by atoms with van der Waals surface area (Å²) in [5.41, 5.74) is 0. The van der Waals surface area contributed by atoms with Gasteiger partial charge in [0.15, 0.2) is 6.10 Å². The van der Waals surface area contributed by atoms with Crippen LogP contribution in [-0.4, -0.2) is 70.0 Å². The number of unbranched alkanes of at least 4 members (excludes halogenated alkanes) is 37. The molecular formula is C71H130NO8P. The highest BCUT2D eigenvalue weighted by Crippen LogP contribution is 2.38. The summed E-state index contributed by atoms with van der Waals surface area (Å²) in [5.74, 6) is -0.816. The first-order valence-corrected chi connectivity index (χ1v) is 35.6. The van der Waals surface area contributed by atoms with E-state index in [0.29, 0.717) is 17.4 Å². The van der Waals surface area contributed by atoms with Crippen molar-refractivity contribution in [3.8, 4) is 0 Å². The van der Waals surface area contributed by atoms with Crippen LogP contribution in [0, 0.1) is 0 Å². The standard InChI is InChI=1S/C71H130NO8P/c1-6-8-10-12-14-16-18-20-22-24-25-26-27-28-29-30-31-32-33-34-35-36-37-38-39-40-41-42-43-44-45-46-47-48-50-52-54-56-58-60-62-64-71(74)80-69(68-79-81(75,76)78-66-65-72(3,4)5)67-77-70(73)63-61-59-57-55-53-51-49-23-21-19-17-15-13-11-9-7-2/h8,10,14,16,20,22,25-26,28-29,31-32,69H,6-7,9,11-13,15,17-19,21,23-24,27,30,33-68H2,1-5H3/b10-8-,16-14-,22-20-,26-25-,29-28-,32-31-. The van der Waals surface area contributed by atoms with Crippen LogP contribution in [-0.2, 0) is 32.7 Å². The summed E-state index contributed by atoms with van der Waals surface area (Å²) >= 11 is 0. The van der Waals surface area contributed by atoms with E-state index < -0.39 is 26.5 Å². The second kappa shape index (κ2) is 62.0. The van der Waals surface area contributed by atoms with E-state index in [-0.39, 0.29) is 32.0 Å². The van der Waals surface area contributed by atoms with E-state index in [4.69, 9.17) is 18.5 Å². The summed E-state index contributed by atoms with van der Waals surface area (Å²) in [7, 11) is 1.18. The van der Waals surface area contributed by atoms with Gasteiger partial charge in [0.2, 0.25) is 0 Å². The Kier molecular flexibility index (Phi) is 60.0. The number of hydrogen-bond acceptors (Lipinski definition) is 8. The van der Waals surface area contributed by atoms with Crippen LogP contribution in [0.4, 0.5) is 0 Å². The van der Waals surface area contributed by atoms with Gasteiger partial charge in [0.1, 0.15) is 19.8 Å². The fourth-order valence-corrected chi connectivity index (χ4v) is 10.5. The highest BCUT2D eigenvalue weighted by atomic mass is 31.2. The zero-order valence-corrected chi connectivity index (χ0v) is 54.6. The smallest absolute Gasteiger partial charge is 0.306 e. The topological polar surface area (TPSA) is 111 Å². The van der Waals surface area contributed by atoms with Gasteiger partial charge >= 0.3 is 11.9 Å². The molecule has 0 N–H and O–H groups in total. The Hall–Kier alpha value is -2.55. The molecule has 0 heterocycles. The number of carbonyl (C=O) groups excluding carboxylic acids is 2. The molecule has 0 aromatic rings. The van der Waals surface area contributed by atoms with Gasteiger partial charge in [-0.3, -0.25) is 14.2 Å². The summed E-state index contributed by atoms with van der Waals surface area (Å²) in [5, 5.41) is 0. The van der Waals surface area contributed by atoms with Crippen molar-refractivity contribution in [3.63, 3.8) is 0 Å². The maximum absolute atomic E-state index is 12.8. The lowest BCUT2D eigenvalue weighted by molar-refractivity contribution is -0.870. The highest BCUT2D eigenvalue weighted by Gasteiger charge is 2.22. The number of hydrogen-bond donors (Lipinski definition) is 0. The molecule has 0 aliphatic carbocycles. The van der Waals surface area contributed by atoms with Gasteiger partial charge in [-0.05, 0) is 64.2 Å². The highest BCUT2D eigenvalue weighted by molar-refractivity contribution is 7.45. The van der Waals surface area contributed by atoms with Crippen molar-refractivity contribution in [2.75, 3.05) is 47.5 Å². The number of esters is 2. The molecule has 0 aromatic carbocycles. The van der Waals surface area contributed by atoms with Crippen LogP contribution in [0.3, 0.4) is 0 Å². The Balaban J connectivity index is 3.90. The molecule has 0 fully saturated rings. The first kappa shape index (κ1) is 78.5. The van der Waals surface area contributed by atoms with Crippen LogP contribution >= 0.6 is 7.82 Å². The molecule has 2 atom stereocenters. The van der Waals surface area contributed by atoms with Gasteiger partial charge in [-0.25, -0.2) is 0 Å². The molecular weight excluding hydrogens is 1030 g/mol. The monoisotopic (exact) mass is 1160 g/mol. The van der Waals surface area contributed by atoms with Gasteiger partial charge in [0.05, 0.1) is 27.7 Å². The lowest BCUT2D eigenvalue weighted by Crippen LogP contribution is -2.37. The molecule has 472 valence electrons. The number of phosphoric acid groups is 1. The van der Waals surface area contributed by atoms with Crippen molar-refractivity contribution in [2.24, 2.45) is 0 Å². The van der Waals surface area contributed by atoms with E-state index in [9.17, 15) is 19.0 Å². The Morgan fingerprint density at radius 1 is 0.395 bits per heavy atom. The van der Waals surface area contributed by atoms with E-state index in [0.717, 1.165) is 70.6 Å². The lowest BCUT2D eigenvalue weighted by Gasteiger charge is -2.28. The number of phosphoric ester groups is 1. The minimum Gasteiger partial charge on any atom is -0.756 e. The number of nitrogens with zero attached hydrogens (tertiary/aromatic N) is 1. The van der Waals surface area contributed by atoms with Crippen LogP contribution in [0.5, 0.6) is 0 Å². The molecule has 9 nitrogen and oxygen atoms in total. The molecule has 0 aliphatic heterocycles. The third-order valence-corrected chi connectivity index (χ3v) is 16.0. The fourth-order valence-electron chi connectivity index (χ4n) is 9.78. The van der Waals surface area contributed by atoms with Crippen molar-refractivity contribution in [1.82, 2.24) is 0 Å². The number of carbonyl (C=O) groups is 2. The Morgan fingerprint density at radius 2 is 0.704 bits per heavy atom. The van der Waals surface area contributed by atoms with Gasteiger partial charge in [-0.1, -0.05) is 311 Å². The summed E-state index contributed by atoms with van der Waals surface area (Å²) in [4.78, 5) is 37.9. The third-order valence-electron chi connectivity index (χ3n) is 15.0. The van der Waals surface area contributed by atoms with Gasteiger partial charge < -0.3 is 27.9 Å². The number of rotatable bonds is 63. The molecule has 10 heteroatoms. The summed E-state index contributed by atoms with van der Waals surface area (Å²) in [6.07, 6.45) is 82.8. The molecule has 0 spiro atoms. The van der Waals surface area contributed by atoms with Crippen molar-refractivity contribution < 1.29 is 42.1 Å². The van der Waals surface area contributed by atoms with E-state index in [1.165, 1.54) is 212 Å². The van der Waals surface area contributed by atoms with Crippen molar-refractivity contribution in [2.45, 2.75) is 322 Å². The third kappa shape index (κ3) is 66.5. The fraction of sp³-hybridized carbons (Fsp3) is 0.803. The van der Waals surface area contributed by atoms with E-state index in [1.54, 1.807) is 0 Å². The van der Waals surface area contributed by atoms with E-state index in [1.807, 2.05) is 21.1 Å². The van der Waals surface area contributed by atoms with Crippen LogP contribution in [0.15, 0.2) is 72.9 Å². The van der Waals surface area contributed by atoms with Gasteiger partial charge in [-0.15, -0.1) is 0 Å². The Labute approximate surface area is 501 Å². The molecule has 0 bridgehead atoms. The predicted molar refractivity (Wildman–Crippen MR) is 346 cm³/mol. The number of ether oxygens (including phenoxy) is 2. The van der Waals surface area contributed by atoms with Gasteiger partial charge in [0.25, 0.3) is 7.82 Å². The maximum atomic E-state index is 12.8. The SMILES string of the molecule is CC/C=C\C/C=C\C/C=C\C/C=C\C/C=C\C/C=C\CCCCCCCCCCCCCCCCCCCCCCCCC(=O)OC(COC(=O)CCCCCCCCCCCCCCCCCC)COP(=O)([O-])OCC[N+](C)(C)C. The zero-order chi connectivity index (χ0) is 59.1. The average Bonchev–Trinajstić information content (AvgIpc) is 3.43. The van der Waals surface area contributed by atoms with Crippen LogP contribution in [0.25, 0.3) is 0 Å². The number of allylic oxidation sites excluding steroid dienone is 12. The predicted octanol–water partition coefficient (Wildman–Crippen LogP) is 21.4. The maximum Gasteiger partial charge on any atom is 0.306 e. The molecule has 0 rings (SSSR count). The molecule has 0 saturated heterocycles. The van der Waals surface area contributed by atoms with E-state index >= 15 is 0 Å². The quantitative estimate of drug-likeness (QED) is 0.0195. The zero-order valence-electron chi connectivity index (χ0n) is 53.7. The summed E-state index contributed by atoms with van der Waals surface area (Å²) in [6, 6.07) is 0. The Bertz CT molecular complexity index is 1600. The number of likely N-dealkylation sites (N-methyl/N-ethyl adjacent to an activating group) is 1. The molecule has 81 heavy (non-hydrogen) atoms. The summed E-state index contributed by atoms with van der Waals surface area (Å²) < 4.78 is 34.2. The van der Waals surface area contributed by atoms with Gasteiger partial charge in [-0.2, -0.15) is 0 Å². The molecule has 0 radical (unpaired) electrons. The number of quaternary nitrogens is 1.